The normalized spacial score (nSPS) is 25.1. The first-order valence-corrected chi connectivity index (χ1v) is 5.78. The summed E-state index contributed by atoms with van der Waals surface area (Å²) in [5, 5.41) is 8.69. The first-order chi connectivity index (χ1) is 7.83. The smallest absolute Gasteiger partial charge is 0.144 e. The van der Waals surface area contributed by atoms with E-state index in [9.17, 15) is 4.79 Å². The van der Waals surface area contributed by atoms with Crippen LogP contribution < -0.4 is 0 Å². The Balaban J connectivity index is 2.17. The van der Waals surface area contributed by atoms with E-state index in [-0.39, 0.29) is 17.6 Å². The van der Waals surface area contributed by atoms with Crippen molar-refractivity contribution in [1.29, 1.82) is 5.26 Å². The zero-order valence-corrected chi connectivity index (χ0v) is 9.23. The van der Waals surface area contributed by atoms with E-state index in [0.29, 0.717) is 6.42 Å². The lowest BCUT2D eigenvalue weighted by Crippen LogP contribution is -2.26. The number of ketones is 1. The molecule has 1 saturated carbocycles. The van der Waals surface area contributed by atoms with E-state index in [1.807, 2.05) is 30.3 Å². The molecular formula is C14H15NO. The monoisotopic (exact) mass is 213 g/mol. The molecule has 1 fully saturated rings. The molecule has 0 heterocycles. The molecule has 1 aromatic carbocycles. The number of hydrogen-bond donors (Lipinski definition) is 0. The highest BCUT2D eigenvalue weighted by Gasteiger charge is 2.31. The number of carbonyl (C=O) groups excluding carboxylic acids is 1. The molecule has 0 aromatic heterocycles. The SMILES string of the molecule is N#CCC1CCCC(c2ccccc2)C1=O. The molecule has 2 rings (SSSR count). The Bertz CT molecular complexity index is 404. The minimum Gasteiger partial charge on any atom is -0.299 e. The summed E-state index contributed by atoms with van der Waals surface area (Å²) in [6.07, 6.45) is 3.25. The fraction of sp³-hybridized carbons (Fsp3) is 0.429. The Hall–Kier alpha value is -1.62. The first kappa shape index (κ1) is 10.9. The highest BCUT2D eigenvalue weighted by molar-refractivity contribution is 5.88. The standard InChI is InChI=1S/C14H15NO/c15-10-9-12-7-4-8-13(14(12)16)11-5-2-1-3-6-11/h1-3,5-6,12-13H,4,7-9H2. The van der Waals surface area contributed by atoms with Crippen LogP contribution in [-0.4, -0.2) is 5.78 Å². The van der Waals surface area contributed by atoms with Crippen LogP contribution in [0.2, 0.25) is 0 Å². The lowest BCUT2D eigenvalue weighted by atomic mass is 9.76. The summed E-state index contributed by atoms with van der Waals surface area (Å²) < 4.78 is 0. The van der Waals surface area contributed by atoms with Gasteiger partial charge >= 0.3 is 0 Å². The summed E-state index contributed by atoms with van der Waals surface area (Å²) >= 11 is 0. The number of hydrogen-bond acceptors (Lipinski definition) is 2. The van der Waals surface area contributed by atoms with Gasteiger partial charge in [0.2, 0.25) is 0 Å². The van der Waals surface area contributed by atoms with Gasteiger partial charge in [-0.2, -0.15) is 5.26 Å². The van der Waals surface area contributed by atoms with Crippen molar-refractivity contribution in [3.05, 3.63) is 35.9 Å². The molecule has 2 atom stereocenters. The summed E-state index contributed by atoms with van der Waals surface area (Å²) in [6, 6.07) is 12.0. The fourth-order valence-electron chi connectivity index (χ4n) is 2.47. The van der Waals surface area contributed by atoms with Gasteiger partial charge < -0.3 is 0 Å². The molecule has 1 aromatic rings. The van der Waals surface area contributed by atoms with Crippen LogP contribution in [0.5, 0.6) is 0 Å². The number of Topliss-reactive ketones (excluding diaryl/α,β-unsaturated/α-hetero) is 1. The van der Waals surface area contributed by atoms with Gasteiger partial charge in [-0.15, -0.1) is 0 Å². The van der Waals surface area contributed by atoms with Gasteiger partial charge in [-0.3, -0.25) is 4.79 Å². The van der Waals surface area contributed by atoms with Crippen molar-refractivity contribution in [3.8, 4) is 6.07 Å². The second-order valence-electron chi connectivity index (χ2n) is 4.36. The Kier molecular flexibility index (Phi) is 3.36. The summed E-state index contributed by atoms with van der Waals surface area (Å²) in [7, 11) is 0. The molecular weight excluding hydrogens is 198 g/mol. The third-order valence-corrected chi connectivity index (χ3v) is 3.33. The second-order valence-corrected chi connectivity index (χ2v) is 4.36. The Morgan fingerprint density at radius 2 is 2.00 bits per heavy atom. The number of benzene rings is 1. The molecule has 2 unspecified atom stereocenters. The number of rotatable bonds is 2. The maximum atomic E-state index is 12.2. The van der Waals surface area contributed by atoms with Gasteiger partial charge in [0, 0.05) is 18.3 Å². The lowest BCUT2D eigenvalue weighted by molar-refractivity contribution is -0.126. The van der Waals surface area contributed by atoms with Crippen molar-refractivity contribution in [2.45, 2.75) is 31.6 Å². The molecule has 0 aliphatic heterocycles. The Morgan fingerprint density at radius 1 is 1.25 bits per heavy atom. The van der Waals surface area contributed by atoms with Crippen LogP contribution in [0.4, 0.5) is 0 Å². The lowest BCUT2D eigenvalue weighted by Gasteiger charge is -2.26. The first-order valence-electron chi connectivity index (χ1n) is 5.78. The number of nitrogens with zero attached hydrogens (tertiary/aromatic N) is 1. The third kappa shape index (κ3) is 2.14. The molecule has 0 radical (unpaired) electrons. The number of carbonyl (C=O) groups is 1. The van der Waals surface area contributed by atoms with Gasteiger partial charge in [0.1, 0.15) is 5.78 Å². The van der Waals surface area contributed by atoms with Gasteiger partial charge in [-0.1, -0.05) is 36.8 Å². The molecule has 82 valence electrons. The summed E-state index contributed by atoms with van der Waals surface area (Å²) in [5.74, 6) is 0.247. The molecule has 1 aliphatic rings. The maximum Gasteiger partial charge on any atom is 0.144 e. The molecule has 2 heteroatoms. The maximum absolute atomic E-state index is 12.2. The predicted octanol–water partition coefficient (Wildman–Crippen LogP) is 3.05. The van der Waals surface area contributed by atoms with Crippen LogP contribution in [0.25, 0.3) is 0 Å². The molecule has 0 spiro atoms. The highest BCUT2D eigenvalue weighted by Crippen LogP contribution is 2.34. The summed E-state index contributed by atoms with van der Waals surface area (Å²) in [4.78, 5) is 12.2. The van der Waals surface area contributed by atoms with E-state index in [1.165, 1.54) is 0 Å². The quantitative estimate of drug-likeness (QED) is 0.757. The van der Waals surface area contributed by atoms with Crippen LogP contribution in [0.3, 0.4) is 0 Å². The van der Waals surface area contributed by atoms with Gasteiger partial charge in [0.25, 0.3) is 0 Å². The molecule has 16 heavy (non-hydrogen) atoms. The molecule has 1 aliphatic carbocycles. The Labute approximate surface area is 95.9 Å². The van der Waals surface area contributed by atoms with E-state index in [1.54, 1.807) is 0 Å². The van der Waals surface area contributed by atoms with Crippen LogP contribution in [0, 0.1) is 17.2 Å². The molecule has 0 N–H and O–H groups in total. The third-order valence-electron chi connectivity index (χ3n) is 3.33. The van der Waals surface area contributed by atoms with E-state index >= 15 is 0 Å². The fourth-order valence-corrected chi connectivity index (χ4v) is 2.47. The largest absolute Gasteiger partial charge is 0.299 e. The number of nitriles is 1. The van der Waals surface area contributed by atoms with Crippen molar-refractivity contribution < 1.29 is 4.79 Å². The molecule has 0 saturated heterocycles. The minimum absolute atomic E-state index is 0.0216. The molecule has 2 nitrogen and oxygen atoms in total. The van der Waals surface area contributed by atoms with Crippen molar-refractivity contribution >= 4 is 5.78 Å². The van der Waals surface area contributed by atoms with Crippen molar-refractivity contribution in [2.75, 3.05) is 0 Å². The second kappa shape index (κ2) is 4.94. The van der Waals surface area contributed by atoms with E-state index in [4.69, 9.17) is 5.26 Å². The van der Waals surface area contributed by atoms with Crippen LogP contribution in [-0.2, 0) is 4.79 Å². The van der Waals surface area contributed by atoms with Crippen LogP contribution in [0.15, 0.2) is 30.3 Å². The van der Waals surface area contributed by atoms with Gasteiger partial charge in [0.05, 0.1) is 6.07 Å². The van der Waals surface area contributed by atoms with Crippen molar-refractivity contribution in [1.82, 2.24) is 0 Å². The summed E-state index contributed by atoms with van der Waals surface area (Å²) in [6.45, 7) is 0. The van der Waals surface area contributed by atoms with E-state index in [2.05, 4.69) is 6.07 Å². The topological polar surface area (TPSA) is 40.9 Å². The molecule has 0 bridgehead atoms. The van der Waals surface area contributed by atoms with Crippen LogP contribution in [0.1, 0.15) is 37.2 Å². The average Bonchev–Trinajstić information content (AvgIpc) is 2.33. The van der Waals surface area contributed by atoms with Crippen LogP contribution >= 0.6 is 0 Å². The zero-order chi connectivity index (χ0) is 11.4. The van der Waals surface area contributed by atoms with Crippen molar-refractivity contribution in [2.24, 2.45) is 5.92 Å². The molecule has 0 amide bonds. The summed E-state index contributed by atoms with van der Waals surface area (Å²) in [5.41, 5.74) is 1.11. The van der Waals surface area contributed by atoms with Gasteiger partial charge in [-0.05, 0) is 18.4 Å². The predicted molar refractivity (Wildman–Crippen MR) is 61.8 cm³/mol. The van der Waals surface area contributed by atoms with E-state index in [0.717, 1.165) is 24.8 Å². The van der Waals surface area contributed by atoms with Gasteiger partial charge in [0.15, 0.2) is 0 Å². The van der Waals surface area contributed by atoms with Crippen molar-refractivity contribution in [3.63, 3.8) is 0 Å². The van der Waals surface area contributed by atoms with E-state index < -0.39 is 0 Å². The minimum atomic E-state index is -0.0380. The highest BCUT2D eigenvalue weighted by atomic mass is 16.1. The average molecular weight is 213 g/mol. The Morgan fingerprint density at radius 3 is 2.69 bits per heavy atom. The van der Waals surface area contributed by atoms with Gasteiger partial charge in [-0.25, -0.2) is 0 Å². The zero-order valence-electron chi connectivity index (χ0n) is 9.23.